The van der Waals surface area contributed by atoms with Crippen molar-refractivity contribution < 1.29 is 4.79 Å². The first kappa shape index (κ1) is 17.7. The van der Waals surface area contributed by atoms with Gasteiger partial charge in [-0.3, -0.25) is 4.79 Å². The Bertz CT molecular complexity index is 941. The van der Waals surface area contributed by atoms with E-state index in [9.17, 15) is 4.79 Å². The second kappa shape index (κ2) is 7.87. The molecular weight excluding hydrogens is 334 g/mol. The fourth-order valence-corrected chi connectivity index (χ4v) is 3.88. The summed E-state index contributed by atoms with van der Waals surface area (Å²) in [5.41, 5.74) is 4.13. The molecule has 0 bridgehead atoms. The quantitative estimate of drug-likeness (QED) is 0.665. The maximum absolute atomic E-state index is 13.3. The molecule has 3 aromatic rings. The monoisotopic (exact) mass is 359 g/mol. The van der Waals surface area contributed by atoms with Crippen LogP contribution < -0.4 is 5.32 Å². The van der Waals surface area contributed by atoms with Gasteiger partial charge in [-0.1, -0.05) is 73.7 Å². The van der Waals surface area contributed by atoms with Gasteiger partial charge in [-0.25, -0.2) is 0 Å². The van der Waals surface area contributed by atoms with Gasteiger partial charge in [-0.2, -0.15) is 0 Å². The van der Waals surface area contributed by atoms with Gasteiger partial charge in [-0.15, -0.1) is 10.2 Å². The lowest BCUT2D eigenvalue weighted by Crippen LogP contribution is -2.35. The van der Waals surface area contributed by atoms with Crippen LogP contribution in [0.25, 0.3) is 22.2 Å². The van der Waals surface area contributed by atoms with Crippen LogP contribution in [-0.4, -0.2) is 22.1 Å². The number of amides is 1. The topological polar surface area (TPSA) is 54.9 Å². The highest BCUT2D eigenvalue weighted by molar-refractivity contribution is 6.10. The smallest absolute Gasteiger partial charge is 0.254 e. The van der Waals surface area contributed by atoms with Crippen LogP contribution in [0.4, 0.5) is 0 Å². The lowest BCUT2D eigenvalue weighted by atomic mass is 9.99. The van der Waals surface area contributed by atoms with E-state index in [-0.39, 0.29) is 11.9 Å². The zero-order valence-electron chi connectivity index (χ0n) is 15.7. The van der Waals surface area contributed by atoms with E-state index >= 15 is 0 Å². The van der Waals surface area contributed by atoms with Crippen LogP contribution in [0.2, 0.25) is 0 Å². The number of benzene rings is 2. The summed E-state index contributed by atoms with van der Waals surface area (Å²) in [5.74, 6) is -0.0384. The summed E-state index contributed by atoms with van der Waals surface area (Å²) in [4.78, 5) is 13.3. The Kier molecular flexibility index (Phi) is 5.14. The summed E-state index contributed by atoms with van der Waals surface area (Å²) in [6, 6.07) is 16.1. The molecule has 0 saturated heterocycles. The molecule has 1 aromatic heterocycles. The lowest BCUT2D eigenvalue weighted by Gasteiger charge is -2.18. The fraction of sp³-hybridized carbons (Fsp3) is 0.348. The molecule has 0 atom stereocenters. The van der Waals surface area contributed by atoms with Crippen LogP contribution in [0.1, 0.15) is 54.4 Å². The zero-order valence-corrected chi connectivity index (χ0v) is 15.7. The highest BCUT2D eigenvalue weighted by Gasteiger charge is 2.22. The Balaban J connectivity index is 1.77. The van der Waals surface area contributed by atoms with Crippen molar-refractivity contribution in [2.24, 2.45) is 0 Å². The SMILES string of the molecule is Cc1ccc(-c2nnc3ccccc3c2C(=O)NC2CCCCCC2)cc1. The van der Waals surface area contributed by atoms with Crippen LogP contribution in [0.15, 0.2) is 48.5 Å². The molecule has 0 radical (unpaired) electrons. The number of aromatic nitrogens is 2. The fourth-order valence-electron chi connectivity index (χ4n) is 3.88. The molecule has 138 valence electrons. The molecular formula is C23H25N3O. The third-order valence-corrected chi connectivity index (χ3v) is 5.41. The molecule has 1 fully saturated rings. The minimum absolute atomic E-state index is 0.0384. The van der Waals surface area contributed by atoms with Gasteiger partial charge in [0.15, 0.2) is 0 Å². The van der Waals surface area contributed by atoms with E-state index in [2.05, 4.69) is 22.4 Å². The average molecular weight is 359 g/mol. The lowest BCUT2D eigenvalue weighted by molar-refractivity contribution is 0.0935. The number of nitrogens with one attached hydrogen (secondary N) is 1. The summed E-state index contributed by atoms with van der Waals surface area (Å²) in [5, 5.41) is 12.9. The van der Waals surface area contributed by atoms with Gasteiger partial charge >= 0.3 is 0 Å². The molecule has 1 saturated carbocycles. The Morgan fingerprint density at radius 2 is 1.63 bits per heavy atom. The second-order valence-corrected chi connectivity index (χ2v) is 7.47. The molecule has 1 aliphatic carbocycles. The van der Waals surface area contributed by atoms with Crippen molar-refractivity contribution in [3.8, 4) is 11.3 Å². The van der Waals surface area contributed by atoms with Crippen LogP contribution in [0, 0.1) is 6.92 Å². The molecule has 1 amide bonds. The minimum Gasteiger partial charge on any atom is -0.349 e. The van der Waals surface area contributed by atoms with E-state index in [1.807, 2.05) is 48.5 Å². The molecule has 4 nitrogen and oxygen atoms in total. The number of hydrogen-bond acceptors (Lipinski definition) is 3. The van der Waals surface area contributed by atoms with E-state index in [0.717, 1.165) is 29.3 Å². The summed E-state index contributed by atoms with van der Waals surface area (Å²) in [6.07, 6.45) is 7.02. The van der Waals surface area contributed by atoms with Gasteiger partial charge in [0.05, 0.1) is 11.1 Å². The first-order chi connectivity index (χ1) is 13.2. The van der Waals surface area contributed by atoms with Crippen molar-refractivity contribution in [1.29, 1.82) is 0 Å². The average Bonchev–Trinajstić information content (AvgIpc) is 2.96. The van der Waals surface area contributed by atoms with E-state index in [4.69, 9.17) is 0 Å². The minimum atomic E-state index is -0.0384. The Morgan fingerprint density at radius 1 is 0.926 bits per heavy atom. The first-order valence-electron chi connectivity index (χ1n) is 9.86. The highest BCUT2D eigenvalue weighted by Crippen LogP contribution is 2.28. The van der Waals surface area contributed by atoms with Gasteiger partial charge in [-0.05, 0) is 25.8 Å². The summed E-state index contributed by atoms with van der Waals surface area (Å²) < 4.78 is 0. The van der Waals surface area contributed by atoms with E-state index < -0.39 is 0 Å². The van der Waals surface area contributed by atoms with Crippen molar-refractivity contribution in [2.75, 3.05) is 0 Å². The first-order valence-corrected chi connectivity index (χ1v) is 9.86. The number of nitrogens with zero attached hydrogens (tertiary/aromatic N) is 2. The largest absolute Gasteiger partial charge is 0.349 e. The van der Waals surface area contributed by atoms with E-state index in [0.29, 0.717) is 11.3 Å². The molecule has 27 heavy (non-hydrogen) atoms. The van der Waals surface area contributed by atoms with Gasteiger partial charge in [0.2, 0.25) is 0 Å². The van der Waals surface area contributed by atoms with E-state index in [1.165, 1.54) is 31.2 Å². The molecule has 0 unspecified atom stereocenters. The predicted molar refractivity (Wildman–Crippen MR) is 109 cm³/mol. The normalized spacial score (nSPS) is 15.4. The Morgan fingerprint density at radius 3 is 2.37 bits per heavy atom. The number of aryl methyl sites for hydroxylation is 1. The molecule has 1 heterocycles. The summed E-state index contributed by atoms with van der Waals surface area (Å²) in [7, 11) is 0. The van der Waals surface area contributed by atoms with Crippen LogP contribution in [0.5, 0.6) is 0 Å². The number of carbonyl (C=O) groups is 1. The van der Waals surface area contributed by atoms with Crippen LogP contribution in [-0.2, 0) is 0 Å². The molecule has 2 aromatic carbocycles. The van der Waals surface area contributed by atoms with Crippen molar-refractivity contribution in [1.82, 2.24) is 15.5 Å². The predicted octanol–water partition coefficient (Wildman–Crippen LogP) is 5.06. The number of fused-ring (bicyclic) bond motifs is 1. The molecule has 4 rings (SSSR count). The van der Waals surface area contributed by atoms with E-state index in [1.54, 1.807) is 0 Å². The van der Waals surface area contributed by atoms with Crippen molar-refractivity contribution in [3.63, 3.8) is 0 Å². The van der Waals surface area contributed by atoms with Gasteiger partial charge in [0.1, 0.15) is 5.69 Å². The number of carbonyl (C=O) groups excluding carboxylic acids is 1. The maximum Gasteiger partial charge on any atom is 0.254 e. The summed E-state index contributed by atoms with van der Waals surface area (Å²) >= 11 is 0. The Hall–Kier alpha value is -2.75. The van der Waals surface area contributed by atoms with Gasteiger partial charge < -0.3 is 5.32 Å². The van der Waals surface area contributed by atoms with Crippen LogP contribution in [0.3, 0.4) is 0 Å². The second-order valence-electron chi connectivity index (χ2n) is 7.47. The third kappa shape index (κ3) is 3.85. The van der Waals surface area contributed by atoms with Crippen molar-refractivity contribution in [2.45, 2.75) is 51.5 Å². The molecule has 1 N–H and O–H groups in total. The molecule has 1 aliphatic rings. The maximum atomic E-state index is 13.3. The van der Waals surface area contributed by atoms with Gasteiger partial charge in [0, 0.05) is 17.0 Å². The Labute approximate surface area is 160 Å². The van der Waals surface area contributed by atoms with Gasteiger partial charge in [0.25, 0.3) is 5.91 Å². The van der Waals surface area contributed by atoms with Crippen LogP contribution >= 0.6 is 0 Å². The number of hydrogen-bond donors (Lipinski definition) is 1. The summed E-state index contributed by atoms with van der Waals surface area (Å²) in [6.45, 7) is 2.05. The van der Waals surface area contributed by atoms with Crippen molar-refractivity contribution >= 4 is 16.8 Å². The molecule has 4 heteroatoms. The zero-order chi connectivity index (χ0) is 18.6. The molecule has 0 spiro atoms. The molecule has 0 aliphatic heterocycles. The standard InChI is InChI=1S/C23H25N3O/c1-16-12-14-17(15-13-16)22-21(19-10-6-7-11-20(19)25-26-22)23(27)24-18-8-4-2-3-5-9-18/h6-7,10-15,18H,2-5,8-9H2,1H3,(H,24,27). The number of rotatable bonds is 3. The third-order valence-electron chi connectivity index (χ3n) is 5.41. The highest BCUT2D eigenvalue weighted by atomic mass is 16.1. The van der Waals surface area contributed by atoms with Crippen molar-refractivity contribution in [3.05, 3.63) is 59.7 Å².